The van der Waals surface area contributed by atoms with Crippen molar-refractivity contribution in [2.45, 2.75) is 13.3 Å². The van der Waals surface area contributed by atoms with Crippen molar-refractivity contribution in [2.75, 3.05) is 11.5 Å². The van der Waals surface area contributed by atoms with Crippen LogP contribution in [0.1, 0.15) is 17.5 Å². The molecule has 2 N–H and O–H groups in total. The van der Waals surface area contributed by atoms with Gasteiger partial charge in [-0.2, -0.15) is 12.6 Å². The lowest BCUT2D eigenvalue weighted by molar-refractivity contribution is 1.26. The summed E-state index contributed by atoms with van der Waals surface area (Å²) in [5.74, 6) is 0.893. The van der Waals surface area contributed by atoms with Gasteiger partial charge in [-0.15, -0.1) is 0 Å². The van der Waals surface area contributed by atoms with Gasteiger partial charge in [0, 0.05) is 5.69 Å². The standard InChI is InChI=1S/C11H15NS/c1-9-8-11(12)6-5-10(9)4-2-3-7-13/h2,4-6,8,13H,3,7,12H2,1H3. The Morgan fingerprint density at radius 3 is 2.85 bits per heavy atom. The molecular weight excluding hydrogens is 178 g/mol. The maximum atomic E-state index is 5.65. The maximum Gasteiger partial charge on any atom is 0.0317 e. The van der Waals surface area contributed by atoms with Crippen LogP contribution in [-0.2, 0) is 0 Å². The van der Waals surface area contributed by atoms with Gasteiger partial charge in [-0.25, -0.2) is 0 Å². The molecule has 0 radical (unpaired) electrons. The summed E-state index contributed by atoms with van der Waals surface area (Å²) in [5, 5.41) is 0. The van der Waals surface area contributed by atoms with Gasteiger partial charge in [-0.05, 0) is 42.4 Å². The first kappa shape index (κ1) is 10.2. The zero-order valence-corrected chi connectivity index (χ0v) is 8.72. The summed E-state index contributed by atoms with van der Waals surface area (Å²) in [6, 6.07) is 5.95. The van der Waals surface area contributed by atoms with Crippen molar-refractivity contribution in [3.8, 4) is 0 Å². The van der Waals surface area contributed by atoms with Crippen molar-refractivity contribution >= 4 is 24.4 Å². The van der Waals surface area contributed by atoms with Gasteiger partial charge in [-0.3, -0.25) is 0 Å². The van der Waals surface area contributed by atoms with Crippen LogP contribution in [0.4, 0.5) is 5.69 Å². The Morgan fingerprint density at radius 1 is 1.46 bits per heavy atom. The quantitative estimate of drug-likeness (QED) is 0.560. The number of aryl methyl sites for hydroxylation is 1. The van der Waals surface area contributed by atoms with E-state index in [1.807, 2.05) is 18.2 Å². The lowest BCUT2D eigenvalue weighted by Gasteiger charge is -2.00. The number of nitrogens with two attached hydrogens (primary N) is 1. The Labute approximate surface area is 85.1 Å². The summed E-state index contributed by atoms with van der Waals surface area (Å²) in [4.78, 5) is 0. The van der Waals surface area contributed by atoms with Gasteiger partial charge in [-0.1, -0.05) is 18.2 Å². The molecule has 0 bridgehead atoms. The highest BCUT2D eigenvalue weighted by Crippen LogP contribution is 2.14. The van der Waals surface area contributed by atoms with Gasteiger partial charge in [0.1, 0.15) is 0 Å². The summed E-state index contributed by atoms with van der Waals surface area (Å²) in [6.45, 7) is 2.07. The van der Waals surface area contributed by atoms with Gasteiger partial charge in [0.05, 0.1) is 0 Å². The summed E-state index contributed by atoms with van der Waals surface area (Å²) in [5.41, 5.74) is 8.92. The molecule has 0 heterocycles. The minimum Gasteiger partial charge on any atom is -0.399 e. The molecule has 0 atom stereocenters. The van der Waals surface area contributed by atoms with Crippen LogP contribution in [0, 0.1) is 6.92 Å². The Bertz CT molecular complexity index is 305. The minimum absolute atomic E-state index is 0.823. The van der Waals surface area contributed by atoms with Crippen molar-refractivity contribution in [3.63, 3.8) is 0 Å². The van der Waals surface area contributed by atoms with E-state index in [9.17, 15) is 0 Å². The van der Waals surface area contributed by atoms with E-state index in [2.05, 4.69) is 31.7 Å². The van der Waals surface area contributed by atoms with Crippen molar-refractivity contribution in [2.24, 2.45) is 0 Å². The van der Waals surface area contributed by atoms with Crippen LogP contribution in [0.2, 0.25) is 0 Å². The molecule has 0 aromatic heterocycles. The van der Waals surface area contributed by atoms with Crippen LogP contribution in [0.5, 0.6) is 0 Å². The molecule has 1 aromatic carbocycles. The fourth-order valence-corrected chi connectivity index (χ4v) is 1.32. The first-order chi connectivity index (χ1) is 6.24. The largest absolute Gasteiger partial charge is 0.399 e. The lowest BCUT2D eigenvalue weighted by atomic mass is 10.1. The molecule has 0 aliphatic carbocycles. The molecule has 1 rings (SSSR count). The Hall–Kier alpha value is -0.890. The molecular formula is C11H15NS. The normalized spacial score (nSPS) is 10.9. The molecule has 0 aliphatic rings. The molecule has 0 unspecified atom stereocenters. The van der Waals surface area contributed by atoms with E-state index >= 15 is 0 Å². The minimum atomic E-state index is 0.823. The molecule has 0 saturated heterocycles. The highest BCUT2D eigenvalue weighted by atomic mass is 32.1. The van der Waals surface area contributed by atoms with Crippen molar-refractivity contribution < 1.29 is 0 Å². The van der Waals surface area contributed by atoms with Crippen molar-refractivity contribution in [1.29, 1.82) is 0 Å². The third kappa shape index (κ3) is 3.15. The van der Waals surface area contributed by atoms with Crippen LogP contribution in [0.15, 0.2) is 24.3 Å². The molecule has 0 amide bonds. The molecule has 13 heavy (non-hydrogen) atoms. The highest BCUT2D eigenvalue weighted by Gasteiger charge is 1.93. The van der Waals surface area contributed by atoms with Gasteiger partial charge < -0.3 is 5.73 Å². The molecule has 1 nitrogen and oxygen atoms in total. The molecule has 1 aromatic rings. The predicted octanol–water partition coefficient (Wildman–Crippen LogP) is 2.91. The average Bonchev–Trinajstić information content (AvgIpc) is 2.09. The van der Waals surface area contributed by atoms with E-state index in [1.165, 1.54) is 11.1 Å². The van der Waals surface area contributed by atoms with E-state index in [-0.39, 0.29) is 0 Å². The third-order valence-electron chi connectivity index (χ3n) is 1.89. The van der Waals surface area contributed by atoms with Crippen molar-refractivity contribution in [1.82, 2.24) is 0 Å². The number of hydrogen-bond acceptors (Lipinski definition) is 2. The molecule has 0 aliphatic heterocycles. The molecule has 2 heteroatoms. The van der Waals surface area contributed by atoms with Gasteiger partial charge in [0.25, 0.3) is 0 Å². The van der Waals surface area contributed by atoms with Crippen LogP contribution < -0.4 is 5.73 Å². The topological polar surface area (TPSA) is 26.0 Å². The Balaban J connectivity index is 2.77. The number of nitrogen functional groups attached to an aromatic ring is 1. The molecule has 0 fully saturated rings. The van der Waals surface area contributed by atoms with Crippen LogP contribution >= 0.6 is 12.6 Å². The molecule has 0 saturated carbocycles. The number of benzene rings is 1. The van der Waals surface area contributed by atoms with Crippen LogP contribution in [0.25, 0.3) is 6.08 Å². The molecule has 0 spiro atoms. The van der Waals surface area contributed by atoms with Gasteiger partial charge in [0.2, 0.25) is 0 Å². The van der Waals surface area contributed by atoms with Gasteiger partial charge >= 0.3 is 0 Å². The number of allylic oxidation sites excluding steroid dienone is 1. The summed E-state index contributed by atoms with van der Waals surface area (Å²) >= 11 is 4.14. The van der Waals surface area contributed by atoms with Crippen LogP contribution in [-0.4, -0.2) is 5.75 Å². The Kier molecular flexibility index (Phi) is 3.90. The number of anilines is 1. The van der Waals surface area contributed by atoms with Crippen LogP contribution in [0.3, 0.4) is 0 Å². The number of thiol groups is 1. The van der Waals surface area contributed by atoms with Crippen molar-refractivity contribution in [3.05, 3.63) is 35.4 Å². The predicted molar refractivity (Wildman–Crippen MR) is 63.1 cm³/mol. The second kappa shape index (κ2) is 4.97. The highest BCUT2D eigenvalue weighted by molar-refractivity contribution is 7.80. The first-order valence-electron chi connectivity index (χ1n) is 4.37. The second-order valence-corrected chi connectivity index (χ2v) is 3.48. The fourth-order valence-electron chi connectivity index (χ4n) is 1.17. The summed E-state index contributed by atoms with van der Waals surface area (Å²) in [7, 11) is 0. The van der Waals surface area contributed by atoms with E-state index in [1.54, 1.807) is 0 Å². The van der Waals surface area contributed by atoms with Gasteiger partial charge in [0.15, 0.2) is 0 Å². The average molecular weight is 193 g/mol. The number of hydrogen-bond donors (Lipinski definition) is 2. The number of rotatable bonds is 3. The monoisotopic (exact) mass is 193 g/mol. The molecule has 70 valence electrons. The lowest BCUT2D eigenvalue weighted by Crippen LogP contribution is -1.87. The zero-order valence-electron chi connectivity index (χ0n) is 7.83. The van der Waals surface area contributed by atoms with E-state index in [0.29, 0.717) is 0 Å². The summed E-state index contributed by atoms with van der Waals surface area (Å²) < 4.78 is 0. The van der Waals surface area contributed by atoms with E-state index in [4.69, 9.17) is 5.73 Å². The van der Waals surface area contributed by atoms with E-state index < -0.39 is 0 Å². The fraction of sp³-hybridized carbons (Fsp3) is 0.273. The Morgan fingerprint density at radius 2 is 2.23 bits per heavy atom. The third-order valence-corrected chi connectivity index (χ3v) is 2.15. The van der Waals surface area contributed by atoms with E-state index in [0.717, 1.165) is 17.9 Å². The maximum absolute atomic E-state index is 5.65. The summed E-state index contributed by atoms with van der Waals surface area (Å²) in [6.07, 6.45) is 5.25. The zero-order chi connectivity index (χ0) is 9.68. The SMILES string of the molecule is Cc1cc(N)ccc1C=CCCS. The first-order valence-corrected chi connectivity index (χ1v) is 5.01. The second-order valence-electron chi connectivity index (χ2n) is 3.03. The smallest absolute Gasteiger partial charge is 0.0317 e.